The maximum atomic E-state index is 2.44. The highest BCUT2D eigenvalue weighted by Crippen LogP contribution is 1.98. The van der Waals surface area contributed by atoms with Crippen LogP contribution in [-0.4, -0.2) is 13.2 Å². The van der Waals surface area contributed by atoms with Gasteiger partial charge in [0.05, 0.1) is 0 Å². The summed E-state index contributed by atoms with van der Waals surface area (Å²) in [6.45, 7) is 4.82. The number of hydrogen-bond donors (Lipinski definition) is 0. The summed E-state index contributed by atoms with van der Waals surface area (Å²) in [7, 11) is -0.193. The summed E-state index contributed by atoms with van der Waals surface area (Å²) in [5.41, 5.74) is 0. The standard InChI is InChI=1S/C5H13ISi/c1-7(2)5-3-4-6/h7H,3-5H2,1-2H3. The fourth-order valence-corrected chi connectivity index (χ4v) is 2.78. The second-order valence-electron chi connectivity index (χ2n) is 2.23. The first kappa shape index (κ1) is 7.95. The van der Waals surface area contributed by atoms with E-state index in [1.54, 1.807) is 0 Å². The Hall–Kier alpha value is 0.947. The van der Waals surface area contributed by atoms with Crippen LogP contribution in [0, 0.1) is 0 Å². The van der Waals surface area contributed by atoms with Crippen LogP contribution in [0.25, 0.3) is 0 Å². The maximum Gasteiger partial charge on any atom is 0.0305 e. The van der Waals surface area contributed by atoms with Crippen LogP contribution in [0.3, 0.4) is 0 Å². The van der Waals surface area contributed by atoms with Gasteiger partial charge in [-0.3, -0.25) is 0 Å². The minimum absolute atomic E-state index is 0.193. The summed E-state index contributed by atoms with van der Waals surface area (Å²) in [6, 6.07) is 1.53. The van der Waals surface area contributed by atoms with Crippen LogP contribution in [0.15, 0.2) is 0 Å². The molecule has 2 heteroatoms. The van der Waals surface area contributed by atoms with Gasteiger partial charge < -0.3 is 0 Å². The molecule has 0 aromatic carbocycles. The molecule has 0 amide bonds. The highest BCUT2D eigenvalue weighted by molar-refractivity contribution is 14.1. The summed E-state index contributed by atoms with van der Waals surface area (Å²) >= 11 is 2.44. The SMILES string of the molecule is C[SiH](C)CCCI. The van der Waals surface area contributed by atoms with E-state index in [0.717, 1.165) is 0 Å². The molecule has 0 heterocycles. The van der Waals surface area contributed by atoms with Gasteiger partial charge in [0.25, 0.3) is 0 Å². The Morgan fingerprint density at radius 2 is 2.00 bits per heavy atom. The highest BCUT2D eigenvalue weighted by atomic mass is 127. The quantitative estimate of drug-likeness (QED) is 0.395. The largest absolute Gasteiger partial charge is 0.0864 e. The second kappa shape index (κ2) is 5.09. The number of rotatable bonds is 3. The number of hydrogen-bond acceptors (Lipinski definition) is 0. The zero-order chi connectivity index (χ0) is 5.70. The van der Waals surface area contributed by atoms with Gasteiger partial charge in [0.2, 0.25) is 0 Å². The third-order valence-electron chi connectivity index (χ3n) is 0.915. The third-order valence-corrected chi connectivity index (χ3v) is 3.24. The van der Waals surface area contributed by atoms with Crippen molar-refractivity contribution in [2.45, 2.75) is 25.6 Å². The lowest BCUT2D eigenvalue weighted by molar-refractivity contribution is 1.10. The molecule has 0 bridgehead atoms. The Kier molecular flexibility index (Phi) is 5.78. The summed E-state index contributed by atoms with van der Waals surface area (Å²) in [6.07, 6.45) is 1.45. The molecule has 0 atom stereocenters. The summed E-state index contributed by atoms with van der Waals surface area (Å²) < 4.78 is 1.35. The first-order chi connectivity index (χ1) is 3.27. The van der Waals surface area contributed by atoms with E-state index in [2.05, 4.69) is 35.7 Å². The van der Waals surface area contributed by atoms with Gasteiger partial charge in [0, 0.05) is 8.80 Å². The number of alkyl halides is 1. The smallest absolute Gasteiger partial charge is 0.0305 e. The fourth-order valence-electron chi connectivity index (χ4n) is 0.485. The molecule has 0 fully saturated rings. The van der Waals surface area contributed by atoms with Crippen molar-refractivity contribution in [2.24, 2.45) is 0 Å². The predicted octanol–water partition coefficient (Wildman–Crippen LogP) is 2.30. The average molecular weight is 228 g/mol. The first-order valence-electron chi connectivity index (χ1n) is 2.83. The monoisotopic (exact) mass is 228 g/mol. The summed E-state index contributed by atoms with van der Waals surface area (Å²) in [5, 5.41) is 0. The molecule has 0 aromatic heterocycles. The van der Waals surface area contributed by atoms with E-state index in [1.165, 1.54) is 16.9 Å². The zero-order valence-corrected chi connectivity index (χ0v) is 8.39. The average Bonchev–Trinajstić information content (AvgIpc) is 1.61. The molecule has 44 valence electrons. The van der Waals surface area contributed by atoms with Crippen LogP contribution >= 0.6 is 22.6 Å². The van der Waals surface area contributed by atoms with E-state index in [-0.39, 0.29) is 8.80 Å². The molecule has 0 unspecified atom stereocenters. The Labute approximate surface area is 61.4 Å². The second-order valence-corrected chi connectivity index (χ2v) is 6.67. The van der Waals surface area contributed by atoms with Gasteiger partial charge in [-0.05, 0) is 10.8 Å². The molecule has 0 aromatic rings. The molecule has 0 rings (SSSR count). The van der Waals surface area contributed by atoms with Gasteiger partial charge in [-0.2, -0.15) is 0 Å². The lowest BCUT2D eigenvalue weighted by atomic mass is 10.6. The van der Waals surface area contributed by atoms with E-state index in [4.69, 9.17) is 0 Å². The minimum Gasteiger partial charge on any atom is -0.0864 e. The zero-order valence-electron chi connectivity index (χ0n) is 5.08. The summed E-state index contributed by atoms with van der Waals surface area (Å²) in [5.74, 6) is 0. The van der Waals surface area contributed by atoms with Gasteiger partial charge in [-0.25, -0.2) is 0 Å². The van der Waals surface area contributed by atoms with E-state index in [9.17, 15) is 0 Å². The van der Waals surface area contributed by atoms with Crippen LogP contribution in [0.5, 0.6) is 0 Å². The fraction of sp³-hybridized carbons (Fsp3) is 1.00. The molecule has 0 aliphatic heterocycles. The van der Waals surface area contributed by atoms with Crippen LogP contribution in [0.4, 0.5) is 0 Å². The van der Waals surface area contributed by atoms with E-state index in [0.29, 0.717) is 0 Å². The van der Waals surface area contributed by atoms with Crippen LogP contribution < -0.4 is 0 Å². The van der Waals surface area contributed by atoms with E-state index in [1.807, 2.05) is 0 Å². The molecular weight excluding hydrogens is 215 g/mol. The van der Waals surface area contributed by atoms with Gasteiger partial charge in [0.15, 0.2) is 0 Å². The van der Waals surface area contributed by atoms with Crippen molar-refractivity contribution < 1.29 is 0 Å². The lowest BCUT2D eigenvalue weighted by Crippen LogP contribution is -1.97. The maximum absolute atomic E-state index is 2.44. The molecule has 0 radical (unpaired) electrons. The topological polar surface area (TPSA) is 0 Å². The molecule has 0 spiro atoms. The molecule has 0 saturated heterocycles. The van der Waals surface area contributed by atoms with Gasteiger partial charge in [0.1, 0.15) is 0 Å². The summed E-state index contributed by atoms with van der Waals surface area (Å²) in [4.78, 5) is 0. The molecule has 0 N–H and O–H groups in total. The van der Waals surface area contributed by atoms with E-state index < -0.39 is 0 Å². The Morgan fingerprint density at radius 1 is 1.43 bits per heavy atom. The molecule has 0 nitrogen and oxygen atoms in total. The van der Waals surface area contributed by atoms with Crippen LogP contribution in [0.2, 0.25) is 19.1 Å². The predicted molar refractivity (Wildman–Crippen MR) is 47.2 cm³/mol. The third kappa shape index (κ3) is 6.95. The Bertz CT molecular complexity index is 37.1. The van der Waals surface area contributed by atoms with E-state index >= 15 is 0 Å². The molecule has 0 aliphatic carbocycles. The Balaban J connectivity index is 2.68. The van der Waals surface area contributed by atoms with Crippen molar-refractivity contribution in [2.75, 3.05) is 4.43 Å². The van der Waals surface area contributed by atoms with Crippen molar-refractivity contribution in [3.63, 3.8) is 0 Å². The van der Waals surface area contributed by atoms with Crippen molar-refractivity contribution >= 4 is 31.4 Å². The molecule has 7 heavy (non-hydrogen) atoms. The van der Waals surface area contributed by atoms with Gasteiger partial charge in [-0.15, -0.1) is 0 Å². The van der Waals surface area contributed by atoms with Gasteiger partial charge >= 0.3 is 0 Å². The van der Waals surface area contributed by atoms with Crippen molar-refractivity contribution in [1.82, 2.24) is 0 Å². The minimum atomic E-state index is -0.193. The molecule has 0 aliphatic rings. The Morgan fingerprint density at radius 3 is 2.14 bits per heavy atom. The van der Waals surface area contributed by atoms with Crippen molar-refractivity contribution in [3.05, 3.63) is 0 Å². The van der Waals surface area contributed by atoms with Gasteiger partial charge in [-0.1, -0.05) is 41.7 Å². The van der Waals surface area contributed by atoms with Crippen LogP contribution in [-0.2, 0) is 0 Å². The molecule has 0 saturated carbocycles. The first-order valence-corrected chi connectivity index (χ1v) is 7.48. The molecular formula is C5H13ISi. The van der Waals surface area contributed by atoms with Crippen molar-refractivity contribution in [3.8, 4) is 0 Å². The van der Waals surface area contributed by atoms with Crippen molar-refractivity contribution in [1.29, 1.82) is 0 Å². The van der Waals surface area contributed by atoms with Crippen LogP contribution in [0.1, 0.15) is 6.42 Å². The highest BCUT2D eigenvalue weighted by Gasteiger charge is 1.91. The normalized spacial score (nSPS) is 10.3. The number of halogens is 1. The lowest BCUT2D eigenvalue weighted by Gasteiger charge is -1.96.